The van der Waals surface area contributed by atoms with Crippen LogP contribution >= 0.6 is 0 Å². The summed E-state index contributed by atoms with van der Waals surface area (Å²) in [5.74, 6) is 0.167. The summed E-state index contributed by atoms with van der Waals surface area (Å²) in [6, 6.07) is 5.08. The molecular formula is C21H28N4O8. The van der Waals surface area contributed by atoms with E-state index in [1.54, 1.807) is 18.2 Å². The van der Waals surface area contributed by atoms with Crippen molar-refractivity contribution < 1.29 is 38.0 Å². The van der Waals surface area contributed by atoms with E-state index in [1.807, 2.05) is 0 Å². The monoisotopic (exact) mass is 464 g/mol. The zero-order valence-corrected chi connectivity index (χ0v) is 18.5. The number of esters is 1. The van der Waals surface area contributed by atoms with Crippen LogP contribution in [0, 0.1) is 0 Å². The van der Waals surface area contributed by atoms with E-state index in [9.17, 15) is 9.59 Å². The first-order valence-electron chi connectivity index (χ1n) is 10.6. The molecule has 0 unspecified atom stereocenters. The molecule has 1 aromatic carbocycles. The van der Waals surface area contributed by atoms with Crippen molar-refractivity contribution in [2.24, 2.45) is 0 Å². The topological polar surface area (TPSA) is 132 Å². The predicted molar refractivity (Wildman–Crippen MR) is 114 cm³/mol. The SMILES string of the molecule is CC(=O)OCCn1cc(C(=O)Nc2ccc3c(c2)OCCOCCOCCOCCO3)nn1. The summed E-state index contributed by atoms with van der Waals surface area (Å²) in [4.78, 5) is 23.4. The second-order valence-electron chi connectivity index (χ2n) is 6.86. The van der Waals surface area contributed by atoms with Crippen molar-refractivity contribution in [1.29, 1.82) is 0 Å². The number of hydrogen-bond donors (Lipinski definition) is 1. The Morgan fingerprint density at radius 3 is 2.27 bits per heavy atom. The Morgan fingerprint density at radius 2 is 1.61 bits per heavy atom. The van der Waals surface area contributed by atoms with Gasteiger partial charge in [0.25, 0.3) is 5.91 Å². The van der Waals surface area contributed by atoms with Crippen LogP contribution in [0.3, 0.4) is 0 Å². The van der Waals surface area contributed by atoms with Gasteiger partial charge in [0, 0.05) is 18.7 Å². The lowest BCUT2D eigenvalue weighted by molar-refractivity contribution is -0.141. The van der Waals surface area contributed by atoms with Crippen molar-refractivity contribution in [3.63, 3.8) is 0 Å². The van der Waals surface area contributed by atoms with Crippen molar-refractivity contribution in [2.75, 3.05) is 64.8 Å². The zero-order chi connectivity index (χ0) is 23.3. The number of nitrogens with zero attached hydrogens (tertiary/aromatic N) is 3. The number of aromatic nitrogens is 3. The van der Waals surface area contributed by atoms with Gasteiger partial charge in [-0.1, -0.05) is 5.21 Å². The molecule has 0 atom stereocenters. The molecule has 0 radical (unpaired) electrons. The summed E-state index contributed by atoms with van der Waals surface area (Å²) in [5, 5.41) is 10.5. The number of carbonyl (C=O) groups excluding carboxylic acids is 2. The predicted octanol–water partition coefficient (Wildman–Crippen LogP) is 0.915. The van der Waals surface area contributed by atoms with Gasteiger partial charge in [0.2, 0.25) is 0 Å². The molecule has 0 fully saturated rings. The zero-order valence-electron chi connectivity index (χ0n) is 18.5. The van der Waals surface area contributed by atoms with Gasteiger partial charge >= 0.3 is 5.97 Å². The Kier molecular flexibility index (Phi) is 9.88. The molecule has 12 heteroatoms. The van der Waals surface area contributed by atoms with Crippen LogP contribution in [0.1, 0.15) is 17.4 Å². The number of anilines is 1. The molecule has 0 saturated carbocycles. The summed E-state index contributed by atoms with van der Waals surface area (Å²) in [6.45, 7) is 5.12. The standard InChI is InChI=1S/C21H28N4O8/c1-16(26)31-5-4-25-15-18(23-24-25)21(27)22-17-2-3-19-20(14-17)33-13-11-30-9-7-28-6-8-29-10-12-32-19/h2-3,14-15H,4-13H2,1H3,(H,22,27). The Labute approximate surface area is 191 Å². The van der Waals surface area contributed by atoms with Gasteiger partial charge in [-0.3, -0.25) is 9.59 Å². The van der Waals surface area contributed by atoms with Crippen molar-refractivity contribution >= 4 is 17.6 Å². The van der Waals surface area contributed by atoms with Crippen LogP contribution < -0.4 is 14.8 Å². The second kappa shape index (κ2) is 13.4. The molecule has 1 aromatic heterocycles. The number of benzene rings is 1. The van der Waals surface area contributed by atoms with Gasteiger partial charge in [0.15, 0.2) is 17.2 Å². The molecule has 1 aliphatic rings. The quantitative estimate of drug-likeness (QED) is 0.637. The van der Waals surface area contributed by atoms with Crippen LogP contribution in [0.4, 0.5) is 5.69 Å². The third-order valence-corrected chi connectivity index (χ3v) is 4.31. The number of carbonyl (C=O) groups is 2. The average molecular weight is 464 g/mol. The van der Waals surface area contributed by atoms with Crippen molar-refractivity contribution in [3.05, 3.63) is 30.1 Å². The lowest BCUT2D eigenvalue weighted by Crippen LogP contribution is -2.14. The van der Waals surface area contributed by atoms with Crippen molar-refractivity contribution in [1.82, 2.24) is 15.0 Å². The van der Waals surface area contributed by atoms with Crippen molar-refractivity contribution in [2.45, 2.75) is 13.5 Å². The minimum Gasteiger partial charge on any atom is -0.487 e. The molecule has 0 saturated heterocycles. The minimum absolute atomic E-state index is 0.124. The molecule has 2 aromatic rings. The molecule has 2 heterocycles. The second-order valence-corrected chi connectivity index (χ2v) is 6.86. The van der Waals surface area contributed by atoms with E-state index in [0.29, 0.717) is 76.6 Å². The number of nitrogens with one attached hydrogen (secondary N) is 1. The van der Waals surface area contributed by atoms with Crippen LogP contribution in [-0.4, -0.2) is 86.3 Å². The Balaban J connectivity index is 1.60. The normalized spacial score (nSPS) is 15.7. The number of amides is 1. The van der Waals surface area contributed by atoms with Gasteiger partial charge in [0.1, 0.15) is 19.8 Å². The smallest absolute Gasteiger partial charge is 0.302 e. The molecule has 0 bridgehead atoms. The highest BCUT2D eigenvalue weighted by molar-refractivity contribution is 6.02. The fraction of sp³-hybridized carbons (Fsp3) is 0.524. The third kappa shape index (κ3) is 8.67. The maximum absolute atomic E-state index is 12.6. The molecule has 180 valence electrons. The summed E-state index contributed by atoms with van der Waals surface area (Å²) in [7, 11) is 0. The Morgan fingerprint density at radius 1 is 0.970 bits per heavy atom. The molecule has 1 aliphatic heterocycles. The highest BCUT2D eigenvalue weighted by Gasteiger charge is 2.14. The molecule has 0 spiro atoms. The summed E-state index contributed by atoms with van der Waals surface area (Å²) < 4.78 is 34.2. The summed E-state index contributed by atoms with van der Waals surface area (Å²) >= 11 is 0. The first kappa shape index (κ1) is 24.4. The van der Waals surface area contributed by atoms with Crippen LogP contribution in [-0.2, 0) is 30.3 Å². The fourth-order valence-electron chi connectivity index (χ4n) is 2.77. The van der Waals surface area contributed by atoms with E-state index >= 15 is 0 Å². The van der Waals surface area contributed by atoms with Crippen LogP contribution in [0.15, 0.2) is 24.4 Å². The first-order valence-corrected chi connectivity index (χ1v) is 10.6. The molecule has 1 amide bonds. The minimum atomic E-state index is -0.441. The largest absolute Gasteiger partial charge is 0.487 e. The van der Waals surface area contributed by atoms with E-state index in [2.05, 4.69) is 15.6 Å². The van der Waals surface area contributed by atoms with Crippen LogP contribution in [0.2, 0.25) is 0 Å². The lowest BCUT2D eigenvalue weighted by atomic mass is 10.2. The maximum Gasteiger partial charge on any atom is 0.302 e. The van der Waals surface area contributed by atoms with Gasteiger partial charge in [-0.2, -0.15) is 0 Å². The number of ether oxygens (including phenoxy) is 6. The maximum atomic E-state index is 12.6. The fourth-order valence-corrected chi connectivity index (χ4v) is 2.77. The molecule has 3 rings (SSSR count). The first-order chi connectivity index (χ1) is 16.1. The average Bonchev–Trinajstić information content (AvgIpc) is 3.26. The summed E-state index contributed by atoms with van der Waals surface area (Å²) in [6.07, 6.45) is 1.47. The number of fused-ring (bicyclic) bond motifs is 1. The lowest BCUT2D eigenvalue weighted by Gasteiger charge is -2.14. The third-order valence-electron chi connectivity index (χ3n) is 4.31. The van der Waals surface area contributed by atoms with Gasteiger partial charge in [-0.25, -0.2) is 4.68 Å². The van der Waals surface area contributed by atoms with Gasteiger partial charge in [0.05, 0.1) is 52.4 Å². The highest BCUT2D eigenvalue weighted by Crippen LogP contribution is 2.31. The van der Waals surface area contributed by atoms with E-state index in [-0.39, 0.29) is 18.3 Å². The van der Waals surface area contributed by atoms with Gasteiger partial charge in [-0.05, 0) is 12.1 Å². The van der Waals surface area contributed by atoms with Gasteiger partial charge in [-0.15, -0.1) is 5.10 Å². The van der Waals surface area contributed by atoms with Crippen LogP contribution in [0.25, 0.3) is 0 Å². The molecule has 1 N–H and O–H groups in total. The van der Waals surface area contributed by atoms with E-state index in [1.165, 1.54) is 17.8 Å². The van der Waals surface area contributed by atoms with E-state index < -0.39 is 5.91 Å². The number of rotatable bonds is 5. The molecule has 12 nitrogen and oxygen atoms in total. The highest BCUT2D eigenvalue weighted by atomic mass is 16.6. The van der Waals surface area contributed by atoms with Crippen LogP contribution in [0.5, 0.6) is 11.5 Å². The Bertz CT molecular complexity index is 904. The summed E-state index contributed by atoms with van der Waals surface area (Å²) in [5.41, 5.74) is 0.624. The molecular weight excluding hydrogens is 436 g/mol. The van der Waals surface area contributed by atoms with Gasteiger partial charge < -0.3 is 33.7 Å². The molecule has 0 aliphatic carbocycles. The van der Waals surface area contributed by atoms with E-state index in [4.69, 9.17) is 28.4 Å². The number of hydrogen-bond acceptors (Lipinski definition) is 10. The Hall–Kier alpha value is -3.22. The van der Waals surface area contributed by atoms with E-state index in [0.717, 1.165) is 0 Å². The van der Waals surface area contributed by atoms with Crippen molar-refractivity contribution in [3.8, 4) is 11.5 Å². The molecule has 33 heavy (non-hydrogen) atoms.